The molecule has 0 saturated carbocycles. The number of ether oxygens (including phenoxy) is 5. The van der Waals surface area contributed by atoms with E-state index in [0.29, 0.717) is 16.8 Å². The van der Waals surface area contributed by atoms with Crippen molar-refractivity contribution in [2.75, 3.05) is 11.5 Å². The molecule has 0 spiro atoms. The summed E-state index contributed by atoms with van der Waals surface area (Å²) in [5, 5.41) is -0.486. The summed E-state index contributed by atoms with van der Waals surface area (Å²) in [6.07, 6.45) is 9.03. The molecule has 3 aromatic heterocycles. The number of pyridine rings is 1. The maximum atomic E-state index is 13.5. The van der Waals surface area contributed by atoms with Crippen LogP contribution in [0.3, 0.4) is 0 Å². The molecule has 2 aliphatic rings. The van der Waals surface area contributed by atoms with Gasteiger partial charge in [0.25, 0.3) is 0 Å². The first-order valence-corrected chi connectivity index (χ1v) is 15.6. The Hall–Kier alpha value is -4.19. The van der Waals surface area contributed by atoms with E-state index in [2.05, 4.69) is 20.9 Å². The molecule has 0 aliphatic carbocycles. The molecular formula is C32H37N5O8S. The molecule has 5 heterocycles. The van der Waals surface area contributed by atoms with Crippen LogP contribution < -0.4 is 4.90 Å². The number of amides is 2. The number of carbonyl (C=O) groups excluding carboxylic acids is 3. The highest BCUT2D eigenvalue weighted by atomic mass is 32.2. The standard InChI is InChI=1S/C32H37N5O8S/c1-10-18-15-36(24-21(18)25(35-17-34-24)37(28(39)44-30(2,3)4)29(40)45-31(5,6)7)26-23-22(42-32(8,9)43-23)20(46-26)16-41-27(38)19-11-13-33-14-12-19/h1,11-15,17,20,22-23,26H,16H2,2-9H3/t20-,22-,23-,26-/m1/s1. The third-order valence-electron chi connectivity index (χ3n) is 6.80. The van der Waals surface area contributed by atoms with Gasteiger partial charge in [-0.25, -0.2) is 24.4 Å². The van der Waals surface area contributed by atoms with Crippen molar-refractivity contribution in [3.63, 3.8) is 0 Å². The molecule has 0 aromatic carbocycles. The lowest BCUT2D eigenvalue weighted by atomic mass is 10.1. The van der Waals surface area contributed by atoms with Crippen LogP contribution in [-0.2, 0) is 23.7 Å². The molecule has 5 rings (SSSR count). The summed E-state index contributed by atoms with van der Waals surface area (Å²) in [6, 6.07) is 3.16. The van der Waals surface area contributed by atoms with Crippen molar-refractivity contribution in [2.24, 2.45) is 0 Å². The first-order valence-electron chi connectivity index (χ1n) is 14.6. The number of esters is 1. The molecule has 13 nitrogen and oxygen atoms in total. The van der Waals surface area contributed by atoms with Crippen LogP contribution in [0.1, 0.15) is 76.7 Å². The number of hydrogen-bond donors (Lipinski definition) is 0. The van der Waals surface area contributed by atoms with Crippen LogP contribution in [0.15, 0.2) is 37.1 Å². The SMILES string of the molecule is C#Cc1cn([C@@H]2S[C@H](COC(=O)c3ccncc3)[C@H]3OC(C)(C)O[C@H]32)c2ncnc(N(C(=O)OC(C)(C)C)C(=O)OC(C)(C)C)c12. The molecule has 0 bridgehead atoms. The minimum absolute atomic E-state index is 0.0510. The minimum atomic E-state index is -0.988. The number of thioether (sulfide) groups is 1. The van der Waals surface area contributed by atoms with E-state index < -0.39 is 52.7 Å². The van der Waals surface area contributed by atoms with Crippen molar-refractivity contribution in [2.45, 2.75) is 95.2 Å². The summed E-state index contributed by atoms with van der Waals surface area (Å²) in [5.74, 6) is 1.16. The second-order valence-corrected chi connectivity index (χ2v) is 14.6. The summed E-state index contributed by atoms with van der Waals surface area (Å²) in [4.78, 5) is 53.2. The van der Waals surface area contributed by atoms with Gasteiger partial charge in [-0.2, -0.15) is 4.90 Å². The smallest absolute Gasteiger partial charge is 0.425 e. The fraction of sp³-hybridized carbons (Fsp3) is 0.500. The Morgan fingerprint density at radius 3 is 2.22 bits per heavy atom. The van der Waals surface area contributed by atoms with Gasteiger partial charge in [-0.1, -0.05) is 5.92 Å². The number of anilines is 1. The van der Waals surface area contributed by atoms with Gasteiger partial charge in [-0.05, 0) is 67.5 Å². The predicted octanol–water partition coefficient (Wildman–Crippen LogP) is 5.48. The van der Waals surface area contributed by atoms with Crippen LogP contribution in [0.4, 0.5) is 15.4 Å². The summed E-state index contributed by atoms with van der Waals surface area (Å²) in [7, 11) is 0. The van der Waals surface area contributed by atoms with Crippen LogP contribution >= 0.6 is 11.8 Å². The second kappa shape index (κ2) is 12.2. The molecule has 0 N–H and O–H groups in total. The Labute approximate surface area is 271 Å². The van der Waals surface area contributed by atoms with Crippen molar-refractivity contribution in [1.82, 2.24) is 19.5 Å². The van der Waals surface area contributed by atoms with Crippen molar-refractivity contribution < 1.29 is 38.1 Å². The number of fused-ring (bicyclic) bond motifs is 2. The molecule has 2 saturated heterocycles. The number of nitrogens with zero attached hydrogens (tertiary/aromatic N) is 5. The van der Waals surface area contributed by atoms with Gasteiger partial charge in [0.05, 0.1) is 21.8 Å². The third-order valence-corrected chi connectivity index (χ3v) is 8.33. The lowest BCUT2D eigenvalue weighted by Gasteiger charge is -2.28. The Balaban J connectivity index is 1.54. The summed E-state index contributed by atoms with van der Waals surface area (Å²) < 4.78 is 31.3. The van der Waals surface area contributed by atoms with Crippen LogP contribution in [0.5, 0.6) is 0 Å². The third kappa shape index (κ3) is 6.96. The second-order valence-electron chi connectivity index (χ2n) is 13.3. The summed E-state index contributed by atoms with van der Waals surface area (Å²) in [6.45, 7) is 13.8. The van der Waals surface area contributed by atoms with Gasteiger partial charge in [0.2, 0.25) is 0 Å². The lowest BCUT2D eigenvalue weighted by molar-refractivity contribution is -0.149. The zero-order chi connectivity index (χ0) is 33.6. The molecular weight excluding hydrogens is 614 g/mol. The number of hydrogen-bond acceptors (Lipinski definition) is 12. The molecule has 0 unspecified atom stereocenters. The molecule has 14 heteroatoms. The maximum Gasteiger partial charge on any atom is 0.425 e. The van der Waals surface area contributed by atoms with E-state index in [4.69, 9.17) is 30.1 Å². The van der Waals surface area contributed by atoms with Crippen LogP contribution in [0.2, 0.25) is 0 Å². The quantitative estimate of drug-likeness (QED) is 0.196. The monoisotopic (exact) mass is 651 g/mol. The van der Waals surface area contributed by atoms with Gasteiger partial charge in [-0.3, -0.25) is 4.98 Å². The van der Waals surface area contributed by atoms with Gasteiger partial charge in [0, 0.05) is 18.6 Å². The molecule has 2 fully saturated rings. The van der Waals surface area contributed by atoms with Gasteiger partial charge < -0.3 is 28.3 Å². The first-order chi connectivity index (χ1) is 21.5. The predicted molar refractivity (Wildman–Crippen MR) is 169 cm³/mol. The average Bonchev–Trinajstić information content (AvgIpc) is 3.58. The molecule has 46 heavy (non-hydrogen) atoms. The fourth-order valence-electron chi connectivity index (χ4n) is 5.15. The van der Waals surface area contributed by atoms with Crippen LogP contribution in [0.25, 0.3) is 11.0 Å². The van der Waals surface area contributed by atoms with Crippen molar-refractivity contribution in [3.8, 4) is 12.3 Å². The van der Waals surface area contributed by atoms with Gasteiger partial charge in [0.1, 0.15) is 47.4 Å². The van der Waals surface area contributed by atoms with Crippen LogP contribution in [-0.4, -0.2) is 78.7 Å². The highest BCUT2D eigenvalue weighted by Gasteiger charge is 2.56. The highest BCUT2D eigenvalue weighted by molar-refractivity contribution is 8.00. The fourth-order valence-corrected chi connectivity index (χ4v) is 6.68. The number of rotatable bonds is 5. The Bertz CT molecular complexity index is 1660. The molecule has 2 amide bonds. The zero-order valence-electron chi connectivity index (χ0n) is 27.0. The number of terminal acetylenes is 1. The first kappa shape index (κ1) is 33.2. The average molecular weight is 652 g/mol. The van der Waals surface area contributed by atoms with Gasteiger partial charge >= 0.3 is 18.2 Å². The summed E-state index contributed by atoms with van der Waals surface area (Å²) in [5.41, 5.74) is -0.807. The lowest BCUT2D eigenvalue weighted by Crippen LogP contribution is -2.44. The molecule has 4 atom stereocenters. The van der Waals surface area contributed by atoms with E-state index in [1.165, 1.54) is 30.5 Å². The molecule has 0 radical (unpaired) electrons. The topological polar surface area (TPSA) is 144 Å². The van der Waals surface area contributed by atoms with Gasteiger partial charge in [-0.15, -0.1) is 18.2 Å². The Kier molecular flexibility index (Phi) is 8.80. The Morgan fingerprint density at radius 1 is 1.02 bits per heavy atom. The molecule has 244 valence electrons. The normalized spacial score (nSPS) is 22.2. The van der Waals surface area contributed by atoms with Gasteiger partial charge in [0.15, 0.2) is 11.6 Å². The van der Waals surface area contributed by atoms with Crippen molar-refractivity contribution in [3.05, 3.63) is 48.2 Å². The van der Waals surface area contributed by atoms with E-state index in [-0.39, 0.29) is 23.1 Å². The number of aromatic nitrogens is 4. The number of carbonyl (C=O) groups is 3. The minimum Gasteiger partial charge on any atom is -0.461 e. The van der Waals surface area contributed by atoms with Crippen LogP contribution in [0, 0.1) is 12.3 Å². The molecule has 2 aliphatic heterocycles. The van der Waals surface area contributed by atoms with Crippen molar-refractivity contribution in [1.29, 1.82) is 0 Å². The van der Waals surface area contributed by atoms with Crippen molar-refractivity contribution >= 4 is 46.8 Å². The largest absolute Gasteiger partial charge is 0.461 e. The van der Waals surface area contributed by atoms with E-state index >= 15 is 0 Å². The van der Waals surface area contributed by atoms with E-state index in [0.717, 1.165) is 4.90 Å². The maximum absolute atomic E-state index is 13.5. The van der Waals surface area contributed by atoms with E-state index in [9.17, 15) is 14.4 Å². The summed E-state index contributed by atoms with van der Waals surface area (Å²) >= 11 is 1.47. The highest BCUT2D eigenvalue weighted by Crippen LogP contribution is 2.52. The van der Waals surface area contributed by atoms with E-state index in [1.54, 1.807) is 59.9 Å². The zero-order valence-corrected chi connectivity index (χ0v) is 27.8. The number of imide groups is 1. The Morgan fingerprint density at radius 2 is 1.63 bits per heavy atom. The van der Waals surface area contributed by atoms with E-state index in [1.807, 2.05) is 18.4 Å². The molecule has 3 aromatic rings.